The Morgan fingerprint density at radius 2 is 2.00 bits per heavy atom. The van der Waals surface area contributed by atoms with Crippen LogP contribution in [-0.4, -0.2) is 9.55 Å². The number of benzene rings is 1. The fraction of sp³-hybridized carbons (Fsp3) is 0.308. The average molecular weight is 215 g/mol. The third-order valence-corrected chi connectivity index (χ3v) is 2.46. The van der Waals surface area contributed by atoms with Gasteiger partial charge in [0.2, 0.25) is 0 Å². The topological polar surface area (TPSA) is 43.8 Å². The summed E-state index contributed by atoms with van der Waals surface area (Å²) in [6.07, 6.45) is 3.79. The molecule has 0 amide bonds. The molecular weight excluding hydrogens is 198 g/mol. The van der Waals surface area contributed by atoms with Crippen molar-refractivity contribution in [3.8, 4) is 5.69 Å². The number of hydrogen-bond donors (Lipinski definition) is 1. The highest BCUT2D eigenvalue weighted by Crippen LogP contribution is 2.23. The predicted molar refractivity (Wildman–Crippen MR) is 66.7 cm³/mol. The number of aromatic nitrogens is 2. The molecule has 0 bridgehead atoms. The van der Waals surface area contributed by atoms with Crippen molar-refractivity contribution in [2.45, 2.75) is 26.2 Å². The first-order chi connectivity index (χ1) is 7.48. The molecule has 1 aromatic carbocycles. The fourth-order valence-electron chi connectivity index (χ4n) is 1.74. The highest BCUT2D eigenvalue weighted by atomic mass is 15.1. The zero-order valence-electron chi connectivity index (χ0n) is 9.94. The second kappa shape index (κ2) is 3.67. The number of imidazole rings is 1. The number of nitrogens with two attached hydrogens (primary N) is 1. The van der Waals surface area contributed by atoms with Crippen molar-refractivity contribution in [3.63, 3.8) is 0 Å². The molecule has 84 valence electrons. The van der Waals surface area contributed by atoms with E-state index in [1.165, 1.54) is 0 Å². The lowest BCUT2D eigenvalue weighted by Crippen LogP contribution is -2.18. The van der Waals surface area contributed by atoms with Crippen LogP contribution in [-0.2, 0) is 5.41 Å². The SMILES string of the molecule is CC(C)(C)c1nccn1-c1cccc(N)c1. The Labute approximate surface area is 95.9 Å². The van der Waals surface area contributed by atoms with Crippen LogP contribution < -0.4 is 5.73 Å². The second-order valence-corrected chi connectivity index (χ2v) is 4.97. The van der Waals surface area contributed by atoms with E-state index in [4.69, 9.17) is 5.73 Å². The normalized spacial score (nSPS) is 11.7. The van der Waals surface area contributed by atoms with E-state index in [1.807, 2.05) is 36.7 Å². The molecule has 16 heavy (non-hydrogen) atoms. The summed E-state index contributed by atoms with van der Waals surface area (Å²) in [5, 5.41) is 0. The van der Waals surface area contributed by atoms with E-state index in [1.54, 1.807) is 0 Å². The molecule has 3 heteroatoms. The maximum atomic E-state index is 5.79. The van der Waals surface area contributed by atoms with Crippen molar-refractivity contribution in [2.75, 3.05) is 5.73 Å². The van der Waals surface area contributed by atoms with Crippen molar-refractivity contribution in [2.24, 2.45) is 0 Å². The molecule has 0 atom stereocenters. The minimum atomic E-state index is 0.0219. The first-order valence-corrected chi connectivity index (χ1v) is 5.38. The summed E-state index contributed by atoms with van der Waals surface area (Å²) in [6.45, 7) is 6.45. The molecule has 0 spiro atoms. The predicted octanol–water partition coefficient (Wildman–Crippen LogP) is 2.75. The molecule has 1 heterocycles. The monoisotopic (exact) mass is 215 g/mol. The molecule has 3 nitrogen and oxygen atoms in total. The van der Waals surface area contributed by atoms with Crippen LogP contribution in [0.5, 0.6) is 0 Å². The van der Waals surface area contributed by atoms with Crippen LogP contribution in [0.3, 0.4) is 0 Å². The molecule has 0 fully saturated rings. The Bertz CT molecular complexity index is 492. The van der Waals surface area contributed by atoms with Gasteiger partial charge >= 0.3 is 0 Å². The highest BCUT2D eigenvalue weighted by Gasteiger charge is 2.20. The summed E-state index contributed by atoms with van der Waals surface area (Å²) in [5.41, 5.74) is 7.64. The largest absolute Gasteiger partial charge is 0.399 e. The molecule has 0 aliphatic heterocycles. The van der Waals surface area contributed by atoms with Gasteiger partial charge in [-0.05, 0) is 18.2 Å². The molecule has 2 rings (SSSR count). The van der Waals surface area contributed by atoms with Gasteiger partial charge in [-0.1, -0.05) is 26.8 Å². The minimum Gasteiger partial charge on any atom is -0.399 e. The van der Waals surface area contributed by atoms with Crippen LogP contribution in [0.25, 0.3) is 5.69 Å². The van der Waals surface area contributed by atoms with Gasteiger partial charge in [0, 0.05) is 29.2 Å². The van der Waals surface area contributed by atoms with Gasteiger partial charge < -0.3 is 10.3 Å². The molecule has 1 aromatic heterocycles. The van der Waals surface area contributed by atoms with Crippen LogP contribution in [0.4, 0.5) is 5.69 Å². The Kier molecular flexibility index (Phi) is 2.46. The Morgan fingerprint density at radius 3 is 2.62 bits per heavy atom. The molecule has 0 unspecified atom stereocenters. The number of anilines is 1. The van der Waals surface area contributed by atoms with Crippen molar-refractivity contribution in [3.05, 3.63) is 42.5 Å². The number of hydrogen-bond acceptors (Lipinski definition) is 2. The van der Waals surface area contributed by atoms with E-state index >= 15 is 0 Å². The molecular formula is C13H17N3. The van der Waals surface area contributed by atoms with E-state index in [0.717, 1.165) is 17.2 Å². The van der Waals surface area contributed by atoms with Crippen molar-refractivity contribution in [1.29, 1.82) is 0 Å². The third kappa shape index (κ3) is 1.94. The molecule has 0 saturated carbocycles. The first kappa shape index (κ1) is 10.7. The summed E-state index contributed by atoms with van der Waals surface area (Å²) < 4.78 is 2.08. The quantitative estimate of drug-likeness (QED) is 0.743. The van der Waals surface area contributed by atoms with E-state index < -0.39 is 0 Å². The maximum absolute atomic E-state index is 5.79. The van der Waals surface area contributed by atoms with Gasteiger partial charge in [-0.2, -0.15) is 0 Å². The van der Waals surface area contributed by atoms with Gasteiger partial charge in [-0.25, -0.2) is 4.98 Å². The number of nitrogens with zero attached hydrogens (tertiary/aromatic N) is 2. The highest BCUT2D eigenvalue weighted by molar-refractivity contribution is 5.48. The van der Waals surface area contributed by atoms with Gasteiger partial charge in [-0.3, -0.25) is 0 Å². The summed E-state index contributed by atoms with van der Waals surface area (Å²) in [6, 6.07) is 7.83. The molecule has 2 N–H and O–H groups in total. The van der Waals surface area contributed by atoms with Crippen molar-refractivity contribution >= 4 is 5.69 Å². The van der Waals surface area contributed by atoms with Crippen LogP contribution in [0.15, 0.2) is 36.7 Å². The second-order valence-electron chi connectivity index (χ2n) is 4.97. The average Bonchev–Trinajstić information content (AvgIpc) is 2.65. The first-order valence-electron chi connectivity index (χ1n) is 5.38. The number of nitrogen functional groups attached to an aromatic ring is 1. The summed E-state index contributed by atoms with van der Waals surface area (Å²) in [5.74, 6) is 1.04. The van der Waals surface area contributed by atoms with Crippen LogP contribution in [0, 0.1) is 0 Å². The van der Waals surface area contributed by atoms with Gasteiger partial charge in [0.15, 0.2) is 0 Å². The standard InChI is InChI=1S/C13H17N3/c1-13(2,3)12-15-7-8-16(12)11-6-4-5-10(14)9-11/h4-9H,14H2,1-3H3. The molecule has 0 saturated heterocycles. The van der Waals surface area contributed by atoms with Crippen LogP contribution in [0.1, 0.15) is 26.6 Å². The van der Waals surface area contributed by atoms with Gasteiger partial charge in [0.25, 0.3) is 0 Å². The minimum absolute atomic E-state index is 0.0219. The van der Waals surface area contributed by atoms with E-state index in [2.05, 4.69) is 30.3 Å². The molecule has 2 aromatic rings. The molecule has 0 aliphatic carbocycles. The summed E-state index contributed by atoms with van der Waals surface area (Å²) >= 11 is 0. The zero-order chi connectivity index (χ0) is 11.8. The molecule has 0 radical (unpaired) electrons. The van der Waals surface area contributed by atoms with E-state index in [9.17, 15) is 0 Å². The van der Waals surface area contributed by atoms with Crippen LogP contribution >= 0.6 is 0 Å². The van der Waals surface area contributed by atoms with Crippen LogP contribution in [0.2, 0.25) is 0 Å². The van der Waals surface area contributed by atoms with E-state index in [0.29, 0.717) is 0 Å². The van der Waals surface area contributed by atoms with E-state index in [-0.39, 0.29) is 5.41 Å². The van der Waals surface area contributed by atoms with Crippen molar-refractivity contribution in [1.82, 2.24) is 9.55 Å². The van der Waals surface area contributed by atoms with Gasteiger partial charge in [0.05, 0.1) is 0 Å². The summed E-state index contributed by atoms with van der Waals surface area (Å²) in [4.78, 5) is 4.42. The van der Waals surface area contributed by atoms with Gasteiger partial charge in [0.1, 0.15) is 5.82 Å². The lowest BCUT2D eigenvalue weighted by atomic mass is 9.95. The van der Waals surface area contributed by atoms with Crippen molar-refractivity contribution < 1.29 is 0 Å². The van der Waals surface area contributed by atoms with Gasteiger partial charge in [-0.15, -0.1) is 0 Å². The zero-order valence-corrected chi connectivity index (χ0v) is 9.94. The number of rotatable bonds is 1. The smallest absolute Gasteiger partial charge is 0.118 e. The maximum Gasteiger partial charge on any atom is 0.118 e. The Morgan fingerprint density at radius 1 is 1.25 bits per heavy atom. The fourth-order valence-corrected chi connectivity index (χ4v) is 1.74. The lowest BCUT2D eigenvalue weighted by molar-refractivity contribution is 0.536. The Hall–Kier alpha value is -1.77. The Balaban J connectivity index is 2.53. The molecule has 0 aliphatic rings. The summed E-state index contributed by atoms with van der Waals surface area (Å²) in [7, 11) is 0. The third-order valence-electron chi connectivity index (χ3n) is 2.46. The lowest BCUT2D eigenvalue weighted by Gasteiger charge is -2.19.